The highest BCUT2D eigenvalue weighted by atomic mass is 32.2. The number of benzene rings is 2. The zero-order valence-corrected chi connectivity index (χ0v) is 21.8. The smallest absolute Gasteiger partial charge is 0.303 e. The van der Waals surface area contributed by atoms with E-state index in [1.54, 1.807) is 20.3 Å². The SMILES string of the molecule is [C-]#[N+]Sc1cc(N=Nc2cc(OC)c(N(CCOC)CCOC)cc2NC(C)=O)c([N+](=O)[O-])cc1[N+](=O)[O-]. The van der Waals surface area contributed by atoms with Gasteiger partial charge in [0.2, 0.25) is 5.91 Å². The van der Waals surface area contributed by atoms with Gasteiger partial charge in [0.05, 0.1) is 47.6 Å². The summed E-state index contributed by atoms with van der Waals surface area (Å²) in [7, 11) is 4.58. The van der Waals surface area contributed by atoms with Gasteiger partial charge in [-0.2, -0.15) is 0 Å². The van der Waals surface area contributed by atoms with Crippen LogP contribution in [0.1, 0.15) is 6.92 Å². The van der Waals surface area contributed by atoms with Crippen LogP contribution >= 0.6 is 11.9 Å². The van der Waals surface area contributed by atoms with Crippen LogP contribution in [0.4, 0.5) is 34.1 Å². The van der Waals surface area contributed by atoms with Gasteiger partial charge in [0.25, 0.3) is 5.69 Å². The van der Waals surface area contributed by atoms with Crippen LogP contribution in [0.5, 0.6) is 5.75 Å². The molecule has 1 N–H and O–H groups in total. The van der Waals surface area contributed by atoms with Crippen molar-refractivity contribution in [2.45, 2.75) is 11.8 Å². The number of anilines is 2. The highest BCUT2D eigenvalue weighted by Gasteiger charge is 2.27. The first-order valence-electron chi connectivity index (χ1n) is 10.8. The lowest BCUT2D eigenvalue weighted by molar-refractivity contribution is -0.395. The number of nitro benzene ring substituents is 2. The molecule has 0 saturated carbocycles. The third-order valence-corrected chi connectivity index (χ3v) is 5.55. The lowest BCUT2D eigenvalue weighted by atomic mass is 10.2. The van der Waals surface area contributed by atoms with Gasteiger partial charge in [-0.25, -0.2) is 10.8 Å². The Kier molecular flexibility index (Phi) is 11.3. The highest BCUT2D eigenvalue weighted by Crippen LogP contribution is 2.43. The molecule has 0 radical (unpaired) electrons. The molecule has 0 bridgehead atoms. The topological polar surface area (TPSA) is 175 Å². The summed E-state index contributed by atoms with van der Waals surface area (Å²) in [5, 5.41) is 33.6. The van der Waals surface area contributed by atoms with Crippen molar-refractivity contribution in [3.8, 4) is 5.75 Å². The minimum absolute atomic E-state index is 0.103. The molecule has 38 heavy (non-hydrogen) atoms. The van der Waals surface area contributed by atoms with E-state index in [4.69, 9.17) is 20.8 Å². The maximum Gasteiger partial charge on any atom is 0.303 e. The normalized spacial score (nSPS) is 10.7. The Labute approximate surface area is 222 Å². The Bertz CT molecular complexity index is 1260. The third-order valence-electron chi connectivity index (χ3n) is 4.94. The number of rotatable bonds is 14. The van der Waals surface area contributed by atoms with Gasteiger partial charge in [-0.1, -0.05) is 0 Å². The summed E-state index contributed by atoms with van der Waals surface area (Å²) in [4.78, 5) is 35.0. The molecule has 0 unspecified atom stereocenters. The Morgan fingerprint density at radius 2 is 1.63 bits per heavy atom. The number of amides is 1. The maximum absolute atomic E-state index is 11.9. The van der Waals surface area contributed by atoms with E-state index in [1.807, 2.05) is 4.90 Å². The number of hydrogen-bond acceptors (Lipinski definition) is 12. The van der Waals surface area contributed by atoms with Crippen LogP contribution in [0.25, 0.3) is 4.25 Å². The second-order valence-corrected chi connectivity index (χ2v) is 8.21. The minimum atomic E-state index is -0.838. The largest absolute Gasteiger partial charge is 0.494 e. The van der Waals surface area contributed by atoms with Gasteiger partial charge in [-0.15, -0.1) is 10.2 Å². The molecular weight excluding hydrogens is 522 g/mol. The van der Waals surface area contributed by atoms with Crippen LogP contribution in [0.3, 0.4) is 0 Å². The van der Waals surface area contributed by atoms with Gasteiger partial charge >= 0.3 is 17.6 Å². The lowest BCUT2D eigenvalue weighted by Gasteiger charge is -2.27. The van der Waals surface area contributed by atoms with Crippen molar-refractivity contribution in [1.82, 2.24) is 0 Å². The monoisotopic (exact) mass is 547 g/mol. The number of nitrogens with zero attached hydrogens (tertiary/aromatic N) is 6. The Balaban J connectivity index is 2.68. The molecule has 1 amide bonds. The number of ether oxygens (including phenoxy) is 3. The molecule has 0 atom stereocenters. The van der Waals surface area contributed by atoms with Gasteiger partial charge in [0, 0.05) is 46.4 Å². The standard InChI is InChI=1S/C22H25N7O8S/c1-14(30)24-15-10-19(27(6-8-35-3)7-9-36-4)21(37-5)11-16(15)25-26-17-12-22(38-23-2)20(29(33)34)13-18(17)28(31)32/h10-13H,6-9H2,1,3-5H3,(H,24,30). The maximum atomic E-state index is 11.9. The summed E-state index contributed by atoms with van der Waals surface area (Å²) in [5.41, 5.74) is -0.659. The molecule has 2 rings (SSSR count). The first-order valence-corrected chi connectivity index (χ1v) is 11.6. The van der Waals surface area contributed by atoms with Crippen LogP contribution in [0.15, 0.2) is 39.4 Å². The van der Waals surface area contributed by atoms with Gasteiger partial charge in [-0.05, 0) is 6.07 Å². The first-order chi connectivity index (χ1) is 18.2. The zero-order chi connectivity index (χ0) is 28.2. The number of methoxy groups -OCH3 is 3. The van der Waals surface area contributed by atoms with Gasteiger partial charge < -0.3 is 24.4 Å². The molecule has 0 aliphatic carbocycles. The van der Waals surface area contributed by atoms with Gasteiger partial charge in [0.1, 0.15) is 11.4 Å². The van der Waals surface area contributed by atoms with E-state index < -0.39 is 27.1 Å². The predicted octanol–water partition coefficient (Wildman–Crippen LogP) is 4.91. The summed E-state index contributed by atoms with van der Waals surface area (Å²) in [6.45, 7) is 10.1. The molecular formula is C22H25N7O8S. The number of nitrogens with one attached hydrogen (secondary N) is 1. The number of nitro groups is 2. The molecule has 0 aliphatic heterocycles. The molecule has 0 heterocycles. The number of carbonyl (C=O) groups is 1. The molecule has 2 aromatic rings. The Hall–Kier alpha value is -4.33. The van der Waals surface area contributed by atoms with Crippen LogP contribution in [-0.4, -0.2) is 63.4 Å². The van der Waals surface area contributed by atoms with E-state index in [9.17, 15) is 25.0 Å². The molecule has 202 valence electrons. The Morgan fingerprint density at radius 1 is 1.03 bits per heavy atom. The quantitative estimate of drug-likeness (QED) is 0.112. The average molecular weight is 548 g/mol. The zero-order valence-electron chi connectivity index (χ0n) is 21.0. The second kappa shape index (κ2) is 14.4. The fraction of sp³-hybridized carbons (Fsp3) is 0.364. The average Bonchev–Trinajstić information content (AvgIpc) is 2.87. The summed E-state index contributed by atoms with van der Waals surface area (Å²) in [5.74, 6) is -0.0438. The van der Waals surface area contributed by atoms with Crippen molar-refractivity contribution >= 4 is 52.0 Å². The van der Waals surface area contributed by atoms with Crippen LogP contribution in [-0.2, 0) is 14.3 Å². The van der Waals surface area contributed by atoms with Gasteiger partial charge in [0.15, 0.2) is 10.6 Å². The summed E-state index contributed by atoms with van der Waals surface area (Å²) in [6, 6.07) is 4.88. The van der Waals surface area contributed by atoms with E-state index >= 15 is 0 Å². The van der Waals surface area contributed by atoms with E-state index in [-0.39, 0.29) is 22.0 Å². The van der Waals surface area contributed by atoms with Crippen LogP contribution in [0.2, 0.25) is 0 Å². The number of azo groups is 1. The van der Waals surface area contributed by atoms with Crippen molar-refractivity contribution in [2.75, 3.05) is 57.8 Å². The first kappa shape index (κ1) is 29.9. The number of carbonyl (C=O) groups excluding carboxylic acids is 1. The number of hydrogen-bond donors (Lipinski definition) is 1. The van der Waals surface area contributed by atoms with Crippen molar-refractivity contribution in [1.29, 1.82) is 0 Å². The van der Waals surface area contributed by atoms with E-state index in [1.165, 1.54) is 20.1 Å². The highest BCUT2D eigenvalue weighted by molar-refractivity contribution is 8.01. The summed E-state index contributed by atoms with van der Waals surface area (Å²) in [6.07, 6.45) is 0. The predicted molar refractivity (Wildman–Crippen MR) is 140 cm³/mol. The van der Waals surface area contributed by atoms with Crippen molar-refractivity contribution in [3.05, 3.63) is 55.3 Å². The van der Waals surface area contributed by atoms with Crippen molar-refractivity contribution in [3.63, 3.8) is 0 Å². The van der Waals surface area contributed by atoms with Crippen molar-refractivity contribution in [2.24, 2.45) is 10.2 Å². The van der Waals surface area contributed by atoms with E-state index in [0.717, 1.165) is 12.1 Å². The lowest BCUT2D eigenvalue weighted by Crippen LogP contribution is -2.31. The fourth-order valence-corrected chi connectivity index (χ4v) is 3.73. The molecule has 0 fully saturated rings. The van der Waals surface area contributed by atoms with Crippen LogP contribution in [0, 0.1) is 26.8 Å². The molecule has 15 nitrogen and oxygen atoms in total. The van der Waals surface area contributed by atoms with Gasteiger partial charge in [-0.3, -0.25) is 25.0 Å². The Morgan fingerprint density at radius 3 is 2.13 bits per heavy atom. The molecule has 0 aromatic heterocycles. The van der Waals surface area contributed by atoms with E-state index in [0.29, 0.717) is 49.7 Å². The molecule has 0 aliphatic rings. The summed E-state index contributed by atoms with van der Waals surface area (Å²) < 4.78 is 19.0. The minimum Gasteiger partial charge on any atom is -0.494 e. The summed E-state index contributed by atoms with van der Waals surface area (Å²) >= 11 is 0.445. The fourth-order valence-electron chi connectivity index (χ4n) is 3.24. The van der Waals surface area contributed by atoms with Crippen LogP contribution < -0.4 is 15.0 Å². The molecule has 0 saturated heterocycles. The van der Waals surface area contributed by atoms with E-state index in [2.05, 4.69) is 19.8 Å². The second-order valence-electron chi connectivity index (χ2n) is 7.40. The third kappa shape index (κ3) is 7.83. The molecule has 2 aromatic carbocycles. The molecule has 16 heteroatoms. The van der Waals surface area contributed by atoms with Crippen molar-refractivity contribution < 1.29 is 28.9 Å². The molecule has 0 spiro atoms.